The largest absolute Gasteiger partial charge is 0.468 e. The summed E-state index contributed by atoms with van der Waals surface area (Å²) in [6.07, 6.45) is 0. The molecular formula is C8H12O4. The van der Waals surface area contributed by atoms with Crippen LogP contribution in [0.5, 0.6) is 0 Å². The molecule has 0 saturated carbocycles. The molecule has 1 heterocycles. The van der Waals surface area contributed by atoms with E-state index in [1.807, 2.05) is 0 Å². The van der Waals surface area contributed by atoms with Crippen LogP contribution in [-0.4, -0.2) is 18.9 Å². The lowest BCUT2D eigenvalue weighted by Gasteiger charge is -2.31. The first-order chi connectivity index (χ1) is 5.46. The van der Waals surface area contributed by atoms with Gasteiger partial charge in [0, 0.05) is 13.8 Å². The molecule has 0 amide bonds. The number of esters is 1. The van der Waals surface area contributed by atoms with Gasteiger partial charge in [0.05, 0.1) is 7.11 Å². The van der Waals surface area contributed by atoms with E-state index in [9.17, 15) is 4.79 Å². The second-order valence-corrected chi connectivity index (χ2v) is 3.01. The van der Waals surface area contributed by atoms with Gasteiger partial charge >= 0.3 is 5.97 Å². The molecule has 1 aliphatic rings. The fraction of sp³-hybridized carbons (Fsp3) is 0.625. The van der Waals surface area contributed by atoms with Crippen molar-refractivity contribution in [3.8, 4) is 0 Å². The molecule has 0 aromatic rings. The molecule has 0 aliphatic carbocycles. The minimum Gasteiger partial charge on any atom is -0.468 e. The number of ether oxygens (including phenoxy) is 3. The highest BCUT2D eigenvalue weighted by molar-refractivity contribution is 5.88. The predicted octanol–water partition coefficient (Wildman–Crippen LogP) is 1.17. The Bertz CT molecular complexity index is 239. The van der Waals surface area contributed by atoms with Crippen molar-refractivity contribution in [3.63, 3.8) is 0 Å². The van der Waals surface area contributed by atoms with Crippen molar-refractivity contribution < 1.29 is 19.0 Å². The average molecular weight is 172 g/mol. The molecule has 4 heteroatoms. The van der Waals surface area contributed by atoms with Crippen LogP contribution >= 0.6 is 0 Å². The molecule has 0 radical (unpaired) electrons. The fourth-order valence-corrected chi connectivity index (χ4v) is 0.898. The van der Waals surface area contributed by atoms with E-state index in [0.29, 0.717) is 5.57 Å². The predicted molar refractivity (Wildman–Crippen MR) is 41.0 cm³/mol. The third-order valence-corrected chi connectivity index (χ3v) is 1.47. The summed E-state index contributed by atoms with van der Waals surface area (Å²) in [7, 11) is 1.45. The smallest absolute Gasteiger partial charge is 0.344 e. The third-order valence-electron chi connectivity index (χ3n) is 1.47. The Morgan fingerprint density at radius 2 is 1.92 bits per heavy atom. The second-order valence-electron chi connectivity index (χ2n) is 3.01. The van der Waals surface area contributed by atoms with E-state index in [2.05, 4.69) is 0 Å². The van der Waals surface area contributed by atoms with Gasteiger partial charge in [-0.1, -0.05) is 0 Å². The van der Waals surface area contributed by atoms with Gasteiger partial charge in [0.15, 0.2) is 0 Å². The highest BCUT2D eigenvalue weighted by Crippen LogP contribution is 2.26. The molecule has 0 aromatic heterocycles. The van der Waals surface area contributed by atoms with Gasteiger partial charge in [-0.05, 0) is 6.92 Å². The first-order valence-electron chi connectivity index (χ1n) is 3.63. The molecule has 0 spiro atoms. The third kappa shape index (κ3) is 1.52. The lowest BCUT2D eigenvalue weighted by molar-refractivity contribution is -0.224. The highest BCUT2D eigenvalue weighted by atomic mass is 16.8. The van der Waals surface area contributed by atoms with Crippen LogP contribution in [0.1, 0.15) is 20.8 Å². The topological polar surface area (TPSA) is 44.8 Å². The van der Waals surface area contributed by atoms with Crippen LogP contribution in [0.2, 0.25) is 0 Å². The summed E-state index contributed by atoms with van der Waals surface area (Å²) in [4.78, 5) is 11.1. The van der Waals surface area contributed by atoms with Crippen molar-refractivity contribution in [2.24, 2.45) is 0 Å². The van der Waals surface area contributed by atoms with Gasteiger partial charge in [0.25, 0.3) is 11.7 Å². The molecule has 1 aliphatic heterocycles. The van der Waals surface area contributed by atoms with E-state index in [-0.39, 0.29) is 5.95 Å². The molecule has 4 nitrogen and oxygen atoms in total. The zero-order chi connectivity index (χ0) is 9.35. The monoisotopic (exact) mass is 172 g/mol. The number of rotatable bonds is 1. The fourth-order valence-electron chi connectivity index (χ4n) is 0.898. The summed E-state index contributed by atoms with van der Waals surface area (Å²) in [6.45, 7) is 4.89. The van der Waals surface area contributed by atoms with E-state index < -0.39 is 11.8 Å². The number of carbonyl (C=O) groups is 1. The Labute approximate surface area is 71.1 Å². The summed E-state index contributed by atoms with van der Waals surface area (Å²) in [5.74, 6) is -1.10. The van der Waals surface area contributed by atoms with Crippen LogP contribution in [0.4, 0.5) is 0 Å². The van der Waals surface area contributed by atoms with Gasteiger partial charge in [-0.15, -0.1) is 0 Å². The number of hydrogen-bond acceptors (Lipinski definition) is 4. The first-order valence-corrected chi connectivity index (χ1v) is 3.63. The highest BCUT2D eigenvalue weighted by Gasteiger charge is 2.34. The summed E-state index contributed by atoms with van der Waals surface area (Å²) in [5, 5.41) is 0. The van der Waals surface area contributed by atoms with Crippen molar-refractivity contribution in [2.45, 2.75) is 26.6 Å². The number of cyclic esters (lactones) is 1. The van der Waals surface area contributed by atoms with Gasteiger partial charge < -0.3 is 14.2 Å². The van der Waals surface area contributed by atoms with Crippen LogP contribution in [0, 0.1) is 0 Å². The molecule has 0 N–H and O–H groups in total. The van der Waals surface area contributed by atoms with Crippen molar-refractivity contribution in [1.29, 1.82) is 0 Å². The normalized spacial score (nSPS) is 21.5. The molecule has 0 saturated heterocycles. The number of methoxy groups -OCH3 is 1. The molecule has 0 unspecified atom stereocenters. The number of carbonyl (C=O) groups excluding carboxylic acids is 1. The molecule has 1 rings (SSSR count). The summed E-state index contributed by atoms with van der Waals surface area (Å²) in [6, 6.07) is 0. The average Bonchev–Trinajstić information content (AvgIpc) is 1.96. The van der Waals surface area contributed by atoms with Crippen LogP contribution in [0.3, 0.4) is 0 Å². The van der Waals surface area contributed by atoms with Crippen molar-refractivity contribution in [1.82, 2.24) is 0 Å². The van der Waals surface area contributed by atoms with E-state index in [4.69, 9.17) is 14.2 Å². The van der Waals surface area contributed by atoms with Crippen LogP contribution in [-0.2, 0) is 19.0 Å². The van der Waals surface area contributed by atoms with Gasteiger partial charge in [-0.3, -0.25) is 0 Å². The van der Waals surface area contributed by atoms with Crippen LogP contribution in [0.15, 0.2) is 11.5 Å². The molecule has 12 heavy (non-hydrogen) atoms. The van der Waals surface area contributed by atoms with E-state index in [0.717, 1.165) is 0 Å². The maximum absolute atomic E-state index is 11.1. The Morgan fingerprint density at radius 3 is 2.42 bits per heavy atom. The van der Waals surface area contributed by atoms with Crippen molar-refractivity contribution in [3.05, 3.63) is 11.5 Å². The molecule has 68 valence electrons. The Kier molecular flexibility index (Phi) is 2.00. The Morgan fingerprint density at radius 1 is 1.33 bits per heavy atom. The van der Waals surface area contributed by atoms with Crippen LogP contribution in [0.25, 0.3) is 0 Å². The second kappa shape index (κ2) is 2.69. The maximum Gasteiger partial charge on any atom is 0.344 e. The standard InChI is InChI=1S/C8H12O4/c1-5-6(9)11-8(2,3)12-7(5)10-4/h1-4H3. The summed E-state index contributed by atoms with van der Waals surface area (Å²) in [5.41, 5.74) is 0.358. The van der Waals surface area contributed by atoms with Crippen LogP contribution < -0.4 is 0 Å². The lowest BCUT2D eigenvalue weighted by Crippen LogP contribution is -2.36. The van der Waals surface area contributed by atoms with Gasteiger partial charge in [0.2, 0.25) is 0 Å². The zero-order valence-corrected chi connectivity index (χ0v) is 7.63. The van der Waals surface area contributed by atoms with E-state index >= 15 is 0 Å². The van der Waals surface area contributed by atoms with Gasteiger partial charge in [0.1, 0.15) is 5.57 Å². The SMILES string of the molecule is COC1=C(C)C(=O)OC(C)(C)O1. The van der Waals surface area contributed by atoms with Crippen molar-refractivity contribution in [2.75, 3.05) is 7.11 Å². The molecule has 0 fully saturated rings. The summed E-state index contributed by atoms with van der Waals surface area (Å²) >= 11 is 0. The number of hydrogen-bond donors (Lipinski definition) is 0. The molecule has 0 atom stereocenters. The van der Waals surface area contributed by atoms with Gasteiger partial charge in [-0.25, -0.2) is 4.79 Å². The quantitative estimate of drug-likeness (QED) is 0.557. The van der Waals surface area contributed by atoms with Gasteiger partial charge in [-0.2, -0.15) is 0 Å². The maximum atomic E-state index is 11.1. The van der Waals surface area contributed by atoms with Crippen molar-refractivity contribution >= 4 is 5.97 Å². The molecular weight excluding hydrogens is 160 g/mol. The van der Waals surface area contributed by atoms with E-state index in [1.165, 1.54) is 7.11 Å². The Balaban J connectivity index is 2.95. The lowest BCUT2D eigenvalue weighted by atomic mass is 10.2. The molecule has 0 bridgehead atoms. The molecule has 0 aromatic carbocycles. The zero-order valence-electron chi connectivity index (χ0n) is 7.63. The summed E-state index contributed by atoms with van der Waals surface area (Å²) < 4.78 is 15.0. The minimum absolute atomic E-state index is 0.233. The minimum atomic E-state index is -0.929. The van der Waals surface area contributed by atoms with E-state index in [1.54, 1.807) is 20.8 Å². The first kappa shape index (κ1) is 8.90. The Hall–Kier alpha value is -1.19.